The lowest BCUT2D eigenvalue weighted by atomic mass is 10.2. The minimum Gasteiger partial charge on any atom is -0.310 e. The predicted molar refractivity (Wildman–Crippen MR) is 70.7 cm³/mol. The average molecular weight is 292 g/mol. The van der Waals surface area contributed by atoms with E-state index >= 15 is 0 Å². The molecule has 0 saturated heterocycles. The molecule has 1 aliphatic carbocycles. The van der Waals surface area contributed by atoms with Gasteiger partial charge in [-0.2, -0.15) is 0 Å². The van der Waals surface area contributed by atoms with Gasteiger partial charge >= 0.3 is 0 Å². The van der Waals surface area contributed by atoms with E-state index in [0.717, 1.165) is 15.9 Å². The lowest BCUT2D eigenvalue weighted by Gasteiger charge is -2.13. The number of rotatable bonds is 2. The predicted octanol–water partition coefficient (Wildman–Crippen LogP) is 3.82. The van der Waals surface area contributed by atoms with Crippen molar-refractivity contribution in [3.63, 3.8) is 0 Å². The van der Waals surface area contributed by atoms with Crippen LogP contribution in [0.15, 0.2) is 35.1 Å². The number of aromatic nitrogens is 3. The molecule has 1 aromatic heterocycles. The molecule has 0 atom stereocenters. The molecule has 0 spiro atoms. The molecule has 0 unspecified atom stereocenters. The van der Waals surface area contributed by atoms with Gasteiger partial charge in [-0.15, -0.1) is 10.2 Å². The minimum atomic E-state index is 0.587. The van der Waals surface area contributed by atoms with Crippen LogP contribution in [0.2, 0.25) is 0 Å². The van der Waals surface area contributed by atoms with Crippen LogP contribution in [-0.2, 0) is 0 Å². The molecule has 0 amide bonds. The highest BCUT2D eigenvalue weighted by Crippen LogP contribution is 2.32. The number of nitrogens with zero attached hydrogens (tertiary/aromatic N) is 3. The van der Waals surface area contributed by atoms with E-state index in [4.69, 9.17) is 0 Å². The van der Waals surface area contributed by atoms with Gasteiger partial charge in [0.15, 0.2) is 5.82 Å². The van der Waals surface area contributed by atoms with Gasteiger partial charge < -0.3 is 4.57 Å². The molecule has 2 aromatic rings. The monoisotopic (exact) mass is 291 g/mol. The van der Waals surface area contributed by atoms with Gasteiger partial charge in [0.1, 0.15) is 6.33 Å². The van der Waals surface area contributed by atoms with E-state index in [1.165, 1.54) is 25.7 Å². The highest BCUT2D eigenvalue weighted by molar-refractivity contribution is 9.10. The van der Waals surface area contributed by atoms with Gasteiger partial charge in [-0.3, -0.25) is 0 Å². The van der Waals surface area contributed by atoms with Crippen LogP contribution < -0.4 is 0 Å². The van der Waals surface area contributed by atoms with E-state index in [1.54, 1.807) is 0 Å². The summed E-state index contributed by atoms with van der Waals surface area (Å²) < 4.78 is 3.32. The summed E-state index contributed by atoms with van der Waals surface area (Å²) in [7, 11) is 0. The van der Waals surface area contributed by atoms with E-state index < -0.39 is 0 Å². The maximum Gasteiger partial charge on any atom is 0.164 e. The van der Waals surface area contributed by atoms with Crippen LogP contribution in [0.4, 0.5) is 0 Å². The Morgan fingerprint density at radius 2 is 1.82 bits per heavy atom. The number of hydrogen-bond acceptors (Lipinski definition) is 2. The summed E-state index contributed by atoms with van der Waals surface area (Å²) in [4.78, 5) is 0. The van der Waals surface area contributed by atoms with Crippen molar-refractivity contribution in [3.05, 3.63) is 35.1 Å². The van der Waals surface area contributed by atoms with Crippen LogP contribution in [0.1, 0.15) is 31.7 Å². The summed E-state index contributed by atoms with van der Waals surface area (Å²) in [5.74, 6) is 0.990. The van der Waals surface area contributed by atoms with Crippen LogP contribution in [0.3, 0.4) is 0 Å². The highest BCUT2D eigenvalue weighted by atomic mass is 79.9. The van der Waals surface area contributed by atoms with Crippen molar-refractivity contribution >= 4 is 15.9 Å². The van der Waals surface area contributed by atoms with Crippen molar-refractivity contribution < 1.29 is 0 Å². The van der Waals surface area contributed by atoms with Gasteiger partial charge in [-0.25, -0.2) is 0 Å². The molecule has 0 radical (unpaired) electrons. The third-order valence-electron chi connectivity index (χ3n) is 3.39. The zero-order chi connectivity index (χ0) is 11.7. The molecule has 0 aliphatic heterocycles. The second-order valence-corrected chi connectivity index (χ2v) is 5.42. The first kappa shape index (κ1) is 11.0. The van der Waals surface area contributed by atoms with Crippen molar-refractivity contribution in [2.24, 2.45) is 0 Å². The molecule has 1 aromatic carbocycles. The topological polar surface area (TPSA) is 30.7 Å². The average Bonchev–Trinajstić information content (AvgIpc) is 3.00. The fourth-order valence-corrected chi connectivity index (χ4v) is 2.76. The van der Waals surface area contributed by atoms with Gasteiger partial charge in [-0.1, -0.05) is 40.9 Å². The number of hydrogen-bond donors (Lipinski definition) is 0. The van der Waals surface area contributed by atoms with Gasteiger partial charge in [0, 0.05) is 16.1 Å². The zero-order valence-corrected chi connectivity index (χ0v) is 11.1. The normalized spacial score (nSPS) is 16.5. The van der Waals surface area contributed by atoms with Crippen LogP contribution in [0.5, 0.6) is 0 Å². The molecular weight excluding hydrogens is 278 g/mol. The molecule has 0 N–H and O–H groups in total. The lowest BCUT2D eigenvalue weighted by molar-refractivity contribution is 0.522. The standard InChI is InChI=1S/C13H14BrN3/c14-11-7-5-10(6-8-11)13-16-15-9-17(13)12-3-1-2-4-12/h5-9,12H,1-4H2. The van der Waals surface area contributed by atoms with E-state index in [1.807, 2.05) is 18.5 Å². The van der Waals surface area contributed by atoms with Crippen LogP contribution >= 0.6 is 15.9 Å². The minimum absolute atomic E-state index is 0.587. The molecule has 1 saturated carbocycles. The molecule has 17 heavy (non-hydrogen) atoms. The van der Waals surface area contributed by atoms with Gasteiger partial charge in [-0.05, 0) is 25.0 Å². The Hall–Kier alpha value is -1.16. The highest BCUT2D eigenvalue weighted by Gasteiger charge is 2.20. The van der Waals surface area contributed by atoms with Crippen molar-refractivity contribution in [2.45, 2.75) is 31.7 Å². The van der Waals surface area contributed by atoms with Crippen molar-refractivity contribution in [1.82, 2.24) is 14.8 Å². The maximum absolute atomic E-state index is 4.26. The van der Waals surface area contributed by atoms with Crippen LogP contribution in [0.25, 0.3) is 11.4 Å². The maximum atomic E-state index is 4.26. The SMILES string of the molecule is Brc1ccc(-c2nncn2C2CCCC2)cc1. The molecular formula is C13H14BrN3. The quantitative estimate of drug-likeness (QED) is 0.842. The third kappa shape index (κ3) is 2.14. The van der Waals surface area contributed by atoms with Gasteiger partial charge in [0.05, 0.1) is 0 Å². The summed E-state index contributed by atoms with van der Waals surface area (Å²) in [6.45, 7) is 0. The molecule has 3 nitrogen and oxygen atoms in total. The lowest BCUT2D eigenvalue weighted by Crippen LogP contribution is -2.05. The summed E-state index contributed by atoms with van der Waals surface area (Å²) in [5.41, 5.74) is 1.14. The Bertz CT molecular complexity index is 498. The summed E-state index contributed by atoms with van der Waals surface area (Å²) in [6, 6.07) is 8.84. The smallest absolute Gasteiger partial charge is 0.164 e. The van der Waals surface area contributed by atoms with Crippen LogP contribution in [0, 0.1) is 0 Å². The molecule has 3 rings (SSSR count). The van der Waals surface area contributed by atoms with E-state index in [2.05, 4.69) is 42.8 Å². The molecule has 1 heterocycles. The first-order valence-corrected chi connectivity index (χ1v) is 6.79. The summed E-state index contributed by atoms with van der Waals surface area (Å²) in [6.07, 6.45) is 7.02. The fourth-order valence-electron chi connectivity index (χ4n) is 2.50. The molecule has 1 aliphatic rings. The van der Waals surface area contributed by atoms with E-state index in [9.17, 15) is 0 Å². The van der Waals surface area contributed by atoms with Crippen molar-refractivity contribution in [3.8, 4) is 11.4 Å². The van der Waals surface area contributed by atoms with E-state index in [-0.39, 0.29) is 0 Å². The number of benzene rings is 1. The molecule has 1 fully saturated rings. The van der Waals surface area contributed by atoms with Crippen LogP contribution in [-0.4, -0.2) is 14.8 Å². The Morgan fingerprint density at radius 3 is 2.53 bits per heavy atom. The largest absolute Gasteiger partial charge is 0.310 e. The zero-order valence-electron chi connectivity index (χ0n) is 9.51. The molecule has 0 bridgehead atoms. The van der Waals surface area contributed by atoms with Gasteiger partial charge in [0.2, 0.25) is 0 Å². The molecule has 88 valence electrons. The third-order valence-corrected chi connectivity index (χ3v) is 3.92. The summed E-state index contributed by atoms with van der Waals surface area (Å²) in [5, 5.41) is 8.33. The van der Waals surface area contributed by atoms with E-state index in [0.29, 0.717) is 6.04 Å². The Labute approximate surface area is 109 Å². The second-order valence-electron chi connectivity index (χ2n) is 4.51. The Kier molecular flexibility index (Phi) is 2.97. The number of halogens is 1. The summed E-state index contributed by atoms with van der Waals surface area (Å²) >= 11 is 3.45. The van der Waals surface area contributed by atoms with Gasteiger partial charge in [0.25, 0.3) is 0 Å². The Balaban J connectivity index is 1.97. The Morgan fingerprint density at radius 1 is 1.12 bits per heavy atom. The fraction of sp³-hybridized carbons (Fsp3) is 0.385. The first-order valence-electron chi connectivity index (χ1n) is 6.00. The second kappa shape index (κ2) is 4.61. The first-order chi connectivity index (χ1) is 8.34. The van der Waals surface area contributed by atoms with Crippen molar-refractivity contribution in [2.75, 3.05) is 0 Å². The van der Waals surface area contributed by atoms with Crippen molar-refractivity contribution in [1.29, 1.82) is 0 Å². The molecule has 4 heteroatoms.